The van der Waals surface area contributed by atoms with Crippen molar-refractivity contribution in [3.63, 3.8) is 0 Å². The van der Waals surface area contributed by atoms with Gasteiger partial charge in [0, 0.05) is 12.6 Å². The van der Waals surface area contributed by atoms with Crippen LogP contribution in [0.4, 0.5) is 13.2 Å². The number of nitrogens with zero attached hydrogens (tertiary/aromatic N) is 2. The van der Waals surface area contributed by atoms with Crippen molar-refractivity contribution >= 4 is 0 Å². The summed E-state index contributed by atoms with van der Waals surface area (Å²) in [7, 11) is 0. The lowest BCUT2D eigenvalue weighted by Crippen LogP contribution is -2.35. The molecule has 0 N–H and O–H groups in total. The summed E-state index contributed by atoms with van der Waals surface area (Å²) in [5, 5.41) is 8.76. The van der Waals surface area contributed by atoms with Crippen LogP contribution in [0.2, 0.25) is 0 Å². The number of hydrogen-bond donors (Lipinski definition) is 0. The zero-order chi connectivity index (χ0) is 13.2. The zero-order valence-corrected chi connectivity index (χ0v) is 9.74. The highest BCUT2D eigenvalue weighted by Gasteiger charge is 2.37. The van der Waals surface area contributed by atoms with Gasteiger partial charge in [-0.1, -0.05) is 12.1 Å². The monoisotopic (exact) mass is 254 g/mol. The fourth-order valence-corrected chi connectivity index (χ4v) is 1.96. The van der Waals surface area contributed by atoms with Crippen LogP contribution >= 0.6 is 0 Å². The lowest BCUT2D eigenvalue weighted by Gasteiger charge is -2.23. The molecule has 2 rings (SSSR count). The van der Waals surface area contributed by atoms with Crippen LogP contribution < -0.4 is 0 Å². The predicted molar refractivity (Wildman–Crippen MR) is 60.6 cm³/mol. The Morgan fingerprint density at radius 1 is 1.33 bits per heavy atom. The van der Waals surface area contributed by atoms with Crippen molar-refractivity contribution in [1.82, 2.24) is 4.90 Å². The topological polar surface area (TPSA) is 27.0 Å². The molecule has 0 heterocycles. The maximum Gasteiger partial charge on any atom is 0.401 e. The van der Waals surface area contributed by atoms with Crippen LogP contribution in [0, 0.1) is 11.3 Å². The third-order valence-corrected chi connectivity index (χ3v) is 2.89. The van der Waals surface area contributed by atoms with Gasteiger partial charge in [0.25, 0.3) is 0 Å². The molecule has 0 atom stereocenters. The SMILES string of the molecule is N#Cc1cccc(CN(CC(F)(F)F)C2CC2)c1. The zero-order valence-electron chi connectivity index (χ0n) is 9.74. The lowest BCUT2D eigenvalue weighted by molar-refractivity contribution is -0.148. The molecule has 1 aromatic carbocycles. The largest absolute Gasteiger partial charge is 0.401 e. The Morgan fingerprint density at radius 2 is 2.06 bits per heavy atom. The van der Waals surface area contributed by atoms with Crippen LogP contribution in [0.3, 0.4) is 0 Å². The molecule has 0 amide bonds. The molecule has 5 heteroatoms. The predicted octanol–water partition coefficient (Wildman–Crippen LogP) is 3.08. The third kappa shape index (κ3) is 3.74. The molecule has 0 spiro atoms. The second-order valence-electron chi connectivity index (χ2n) is 4.56. The molecule has 1 fully saturated rings. The second kappa shape index (κ2) is 4.99. The highest BCUT2D eigenvalue weighted by atomic mass is 19.4. The Kier molecular flexibility index (Phi) is 3.58. The van der Waals surface area contributed by atoms with E-state index < -0.39 is 12.7 Å². The number of benzene rings is 1. The Bertz CT molecular complexity index is 458. The number of rotatable bonds is 4. The van der Waals surface area contributed by atoms with Crippen molar-refractivity contribution < 1.29 is 13.2 Å². The lowest BCUT2D eigenvalue weighted by atomic mass is 10.1. The minimum Gasteiger partial charge on any atom is -0.288 e. The van der Waals surface area contributed by atoms with Gasteiger partial charge >= 0.3 is 6.18 Å². The molecular formula is C13H13F3N2. The molecule has 0 bridgehead atoms. The van der Waals surface area contributed by atoms with E-state index in [9.17, 15) is 13.2 Å². The van der Waals surface area contributed by atoms with Crippen molar-refractivity contribution in [2.24, 2.45) is 0 Å². The molecule has 1 aliphatic rings. The number of hydrogen-bond acceptors (Lipinski definition) is 2. The Morgan fingerprint density at radius 3 is 2.61 bits per heavy atom. The Hall–Kier alpha value is -1.54. The van der Waals surface area contributed by atoms with E-state index in [2.05, 4.69) is 0 Å². The van der Waals surface area contributed by atoms with Gasteiger partial charge in [-0.05, 0) is 30.5 Å². The van der Waals surface area contributed by atoms with Gasteiger partial charge in [-0.15, -0.1) is 0 Å². The Balaban J connectivity index is 2.06. The van der Waals surface area contributed by atoms with E-state index in [4.69, 9.17) is 5.26 Å². The fraction of sp³-hybridized carbons (Fsp3) is 0.462. The fourth-order valence-electron chi connectivity index (χ4n) is 1.96. The van der Waals surface area contributed by atoms with E-state index in [0.717, 1.165) is 18.4 Å². The van der Waals surface area contributed by atoms with Crippen LogP contribution in [-0.4, -0.2) is 23.7 Å². The van der Waals surface area contributed by atoms with E-state index >= 15 is 0 Å². The minimum atomic E-state index is -4.17. The number of alkyl halides is 3. The van der Waals surface area contributed by atoms with E-state index in [0.29, 0.717) is 5.56 Å². The van der Waals surface area contributed by atoms with E-state index in [1.807, 2.05) is 6.07 Å². The molecule has 2 nitrogen and oxygen atoms in total. The molecule has 0 aliphatic heterocycles. The molecular weight excluding hydrogens is 241 g/mol. The second-order valence-corrected chi connectivity index (χ2v) is 4.56. The molecule has 1 aliphatic carbocycles. The van der Waals surface area contributed by atoms with Crippen LogP contribution in [0.1, 0.15) is 24.0 Å². The molecule has 1 aromatic rings. The maximum absolute atomic E-state index is 12.4. The summed E-state index contributed by atoms with van der Waals surface area (Å²) >= 11 is 0. The van der Waals surface area contributed by atoms with Crippen LogP contribution in [-0.2, 0) is 6.54 Å². The smallest absolute Gasteiger partial charge is 0.288 e. The first-order valence-electron chi connectivity index (χ1n) is 5.78. The van der Waals surface area contributed by atoms with Gasteiger partial charge in [0.15, 0.2) is 0 Å². The molecule has 0 unspecified atom stereocenters. The summed E-state index contributed by atoms with van der Waals surface area (Å²) in [5.74, 6) is 0. The van der Waals surface area contributed by atoms with Crippen molar-refractivity contribution in [2.45, 2.75) is 31.6 Å². The van der Waals surface area contributed by atoms with Gasteiger partial charge in [0.05, 0.1) is 18.2 Å². The molecule has 0 aromatic heterocycles. The summed E-state index contributed by atoms with van der Waals surface area (Å²) in [6.45, 7) is -0.631. The van der Waals surface area contributed by atoms with E-state index in [1.165, 1.54) is 4.90 Å². The van der Waals surface area contributed by atoms with Gasteiger partial charge in [-0.3, -0.25) is 4.90 Å². The quantitative estimate of drug-likeness (QED) is 0.825. The van der Waals surface area contributed by atoms with Crippen molar-refractivity contribution in [3.8, 4) is 6.07 Å². The average molecular weight is 254 g/mol. The highest BCUT2D eigenvalue weighted by Crippen LogP contribution is 2.31. The standard InChI is InChI=1S/C13H13F3N2/c14-13(15,16)9-18(12-4-5-12)8-11-3-1-2-10(6-11)7-17/h1-3,6,12H,4-5,8-9H2. The van der Waals surface area contributed by atoms with E-state index in [-0.39, 0.29) is 12.6 Å². The molecule has 0 saturated heterocycles. The van der Waals surface area contributed by atoms with E-state index in [1.54, 1.807) is 24.3 Å². The summed E-state index contributed by atoms with van der Waals surface area (Å²) in [6.07, 6.45) is -2.52. The third-order valence-electron chi connectivity index (χ3n) is 2.89. The van der Waals surface area contributed by atoms with Crippen molar-refractivity contribution in [2.75, 3.05) is 6.54 Å². The first-order valence-corrected chi connectivity index (χ1v) is 5.78. The van der Waals surface area contributed by atoms with Gasteiger partial charge < -0.3 is 0 Å². The normalized spacial score (nSPS) is 15.7. The van der Waals surface area contributed by atoms with Gasteiger partial charge in [0.2, 0.25) is 0 Å². The molecule has 1 saturated carbocycles. The molecule has 18 heavy (non-hydrogen) atoms. The highest BCUT2D eigenvalue weighted by molar-refractivity contribution is 5.32. The first-order chi connectivity index (χ1) is 8.48. The van der Waals surface area contributed by atoms with Gasteiger partial charge in [-0.2, -0.15) is 18.4 Å². The van der Waals surface area contributed by atoms with Crippen molar-refractivity contribution in [1.29, 1.82) is 5.26 Å². The minimum absolute atomic E-state index is 0.0392. The van der Waals surface area contributed by atoms with Crippen LogP contribution in [0.15, 0.2) is 24.3 Å². The Labute approximate surface area is 104 Å². The van der Waals surface area contributed by atoms with Gasteiger partial charge in [0.1, 0.15) is 0 Å². The average Bonchev–Trinajstić information content (AvgIpc) is 3.10. The van der Waals surface area contributed by atoms with Gasteiger partial charge in [-0.25, -0.2) is 0 Å². The summed E-state index contributed by atoms with van der Waals surface area (Å²) < 4.78 is 37.3. The number of nitriles is 1. The maximum atomic E-state index is 12.4. The molecule has 0 radical (unpaired) electrons. The summed E-state index contributed by atoms with van der Waals surface area (Å²) in [4.78, 5) is 1.44. The molecule has 96 valence electrons. The van der Waals surface area contributed by atoms with Crippen LogP contribution in [0.25, 0.3) is 0 Å². The summed E-state index contributed by atoms with van der Waals surface area (Å²) in [6, 6.07) is 8.78. The first kappa shape index (κ1) is 12.9. The summed E-state index contributed by atoms with van der Waals surface area (Å²) in [5.41, 5.74) is 1.24. The van der Waals surface area contributed by atoms with Crippen LogP contribution in [0.5, 0.6) is 0 Å². The van der Waals surface area contributed by atoms with Crippen molar-refractivity contribution in [3.05, 3.63) is 35.4 Å². The number of halogens is 3.